The molecule has 0 aliphatic carbocycles. The Morgan fingerprint density at radius 3 is 1.54 bits per heavy atom. The predicted molar refractivity (Wildman–Crippen MR) is 155 cm³/mol. The summed E-state index contributed by atoms with van der Waals surface area (Å²) in [4.78, 5) is 34.2. The van der Waals surface area contributed by atoms with Crippen LogP contribution in [0.5, 0.6) is 0 Å². The summed E-state index contributed by atoms with van der Waals surface area (Å²) >= 11 is 0. The second-order valence-electron chi connectivity index (χ2n) is 9.67. The van der Waals surface area contributed by atoms with E-state index in [1.165, 1.54) is 5.56 Å². The highest BCUT2D eigenvalue weighted by Crippen LogP contribution is 2.06. The van der Waals surface area contributed by atoms with Crippen LogP contribution in [0.3, 0.4) is 0 Å². The normalized spacial score (nSPS) is 9.79. The van der Waals surface area contributed by atoms with Crippen molar-refractivity contribution in [3.8, 4) is 23.7 Å². The fraction of sp³-hybridized carbons (Fsp3) is 0.387. The summed E-state index contributed by atoms with van der Waals surface area (Å²) in [5, 5.41) is 7.98. The number of nitrogens with two attached hydrogens (primary N) is 1. The molecule has 0 aliphatic heterocycles. The Hall–Kier alpha value is -4.27. The van der Waals surface area contributed by atoms with E-state index in [1.54, 1.807) is 20.8 Å². The highest BCUT2D eigenvalue weighted by molar-refractivity contribution is 5.94. The summed E-state index contributed by atoms with van der Waals surface area (Å²) < 4.78 is 5.10. The van der Waals surface area contributed by atoms with Gasteiger partial charge < -0.3 is 26.4 Å². The number of aryl methyl sites for hydroxylation is 2. The van der Waals surface area contributed by atoms with Crippen LogP contribution in [0.4, 0.5) is 4.79 Å². The van der Waals surface area contributed by atoms with Crippen molar-refractivity contribution >= 4 is 17.9 Å². The van der Waals surface area contributed by atoms with Gasteiger partial charge in [-0.3, -0.25) is 9.59 Å². The van der Waals surface area contributed by atoms with Crippen LogP contribution >= 0.6 is 0 Å². The molecule has 3 amide bonds. The van der Waals surface area contributed by atoms with E-state index in [1.807, 2.05) is 62.4 Å². The molecular formula is C31H40N4O4. The molecule has 0 saturated carbocycles. The molecule has 0 aliphatic rings. The second kappa shape index (κ2) is 18.1. The molecule has 8 heteroatoms. The molecule has 2 aromatic carbocycles. The lowest BCUT2D eigenvalue weighted by Crippen LogP contribution is -2.34. The number of nitrogens with one attached hydrogen (secondary N) is 3. The van der Waals surface area contributed by atoms with Crippen LogP contribution in [-0.4, -0.2) is 49.7 Å². The van der Waals surface area contributed by atoms with Gasteiger partial charge in [-0.2, -0.15) is 0 Å². The molecule has 0 atom stereocenters. The summed E-state index contributed by atoms with van der Waals surface area (Å²) in [6, 6.07) is 15.4. The van der Waals surface area contributed by atoms with Gasteiger partial charge in [0.25, 0.3) is 11.8 Å². The molecular weight excluding hydrogens is 492 g/mol. The Labute approximate surface area is 232 Å². The van der Waals surface area contributed by atoms with Gasteiger partial charge in [0, 0.05) is 42.6 Å². The van der Waals surface area contributed by atoms with Crippen molar-refractivity contribution < 1.29 is 19.1 Å². The number of carbonyl (C=O) groups excluding carboxylic acids is 3. The van der Waals surface area contributed by atoms with E-state index in [4.69, 9.17) is 10.5 Å². The van der Waals surface area contributed by atoms with Crippen LogP contribution in [0.2, 0.25) is 0 Å². The summed E-state index contributed by atoms with van der Waals surface area (Å²) in [5.41, 5.74) is 8.78. The smallest absolute Gasteiger partial charge is 0.407 e. The Bertz CT molecular complexity index is 1180. The van der Waals surface area contributed by atoms with Gasteiger partial charge in [-0.25, -0.2) is 4.79 Å². The SMILES string of the molecule is Cc1ccc(C#CC(=O)NCCCN)cc1.Cc1ccc(C#CC(=O)NCCCNC(=O)OC(C)(C)C)cc1. The van der Waals surface area contributed by atoms with Gasteiger partial charge in [0.15, 0.2) is 0 Å². The van der Waals surface area contributed by atoms with Crippen molar-refractivity contribution in [2.75, 3.05) is 26.2 Å². The number of alkyl carbamates (subject to hydrolysis) is 1. The maximum atomic E-state index is 11.6. The average molecular weight is 533 g/mol. The molecule has 0 saturated heterocycles. The van der Waals surface area contributed by atoms with Gasteiger partial charge in [0.05, 0.1) is 0 Å². The molecule has 5 N–H and O–H groups in total. The van der Waals surface area contributed by atoms with Crippen molar-refractivity contribution in [2.45, 2.75) is 53.1 Å². The van der Waals surface area contributed by atoms with Crippen molar-refractivity contribution in [1.82, 2.24) is 16.0 Å². The fourth-order valence-electron chi connectivity index (χ4n) is 2.72. The third kappa shape index (κ3) is 17.8. The molecule has 0 spiro atoms. The van der Waals surface area contributed by atoms with E-state index in [2.05, 4.69) is 39.6 Å². The Morgan fingerprint density at radius 2 is 1.13 bits per heavy atom. The van der Waals surface area contributed by atoms with Crippen molar-refractivity contribution in [1.29, 1.82) is 0 Å². The molecule has 0 fully saturated rings. The minimum Gasteiger partial charge on any atom is -0.444 e. The first-order valence-corrected chi connectivity index (χ1v) is 12.9. The van der Waals surface area contributed by atoms with E-state index in [-0.39, 0.29) is 11.8 Å². The zero-order chi connectivity index (χ0) is 29.1. The van der Waals surface area contributed by atoms with Crippen LogP contribution in [0, 0.1) is 37.5 Å². The topological polar surface area (TPSA) is 123 Å². The summed E-state index contributed by atoms with van der Waals surface area (Å²) in [7, 11) is 0. The van der Waals surface area contributed by atoms with E-state index in [0.717, 1.165) is 23.1 Å². The molecule has 0 bridgehead atoms. The highest BCUT2D eigenvalue weighted by Gasteiger charge is 2.15. The van der Waals surface area contributed by atoms with Crippen molar-refractivity contribution in [3.63, 3.8) is 0 Å². The van der Waals surface area contributed by atoms with E-state index < -0.39 is 11.7 Å². The number of ether oxygens (including phenoxy) is 1. The van der Waals surface area contributed by atoms with Gasteiger partial charge in [0.1, 0.15) is 5.60 Å². The third-order valence-corrected chi connectivity index (χ3v) is 4.72. The largest absolute Gasteiger partial charge is 0.444 e. The van der Waals surface area contributed by atoms with Crippen LogP contribution in [0.1, 0.15) is 55.9 Å². The minimum atomic E-state index is -0.510. The number of amides is 3. The molecule has 0 aromatic heterocycles. The minimum absolute atomic E-state index is 0.256. The molecule has 208 valence electrons. The van der Waals surface area contributed by atoms with Crippen LogP contribution in [0.25, 0.3) is 0 Å². The number of hydrogen-bond acceptors (Lipinski definition) is 5. The van der Waals surface area contributed by atoms with E-state index in [0.29, 0.717) is 32.6 Å². The fourth-order valence-corrected chi connectivity index (χ4v) is 2.72. The van der Waals surface area contributed by atoms with Crippen molar-refractivity contribution in [3.05, 3.63) is 70.8 Å². The summed E-state index contributed by atoms with van der Waals surface area (Å²) in [5.74, 6) is 10.1. The molecule has 2 aromatic rings. The number of benzene rings is 2. The lowest BCUT2D eigenvalue weighted by atomic mass is 10.1. The first-order valence-electron chi connectivity index (χ1n) is 12.9. The lowest BCUT2D eigenvalue weighted by Gasteiger charge is -2.19. The third-order valence-electron chi connectivity index (χ3n) is 4.72. The van der Waals surface area contributed by atoms with Gasteiger partial charge in [-0.15, -0.1) is 0 Å². The zero-order valence-electron chi connectivity index (χ0n) is 23.6. The Morgan fingerprint density at radius 1 is 0.718 bits per heavy atom. The molecule has 8 nitrogen and oxygen atoms in total. The lowest BCUT2D eigenvalue weighted by molar-refractivity contribution is -0.116. The molecule has 0 unspecified atom stereocenters. The van der Waals surface area contributed by atoms with E-state index >= 15 is 0 Å². The molecule has 39 heavy (non-hydrogen) atoms. The molecule has 0 radical (unpaired) electrons. The van der Waals surface area contributed by atoms with Crippen LogP contribution in [-0.2, 0) is 14.3 Å². The highest BCUT2D eigenvalue weighted by atomic mass is 16.6. The number of hydrogen-bond donors (Lipinski definition) is 4. The van der Waals surface area contributed by atoms with Gasteiger partial charge in [-0.1, -0.05) is 47.2 Å². The zero-order valence-corrected chi connectivity index (χ0v) is 23.6. The Balaban J connectivity index is 0.000000416. The van der Waals surface area contributed by atoms with Crippen LogP contribution in [0.15, 0.2) is 48.5 Å². The first kappa shape index (κ1) is 32.8. The summed E-state index contributed by atoms with van der Waals surface area (Å²) in [6.45, 7) is 11.5. The maximum Gasteiger partial charge on any atom is 0.407 e. The number of carbonyl (C=O) groups is 3. The average Bonchev–Trinajstić information content (AvgIpc) is 2.87. The summed E-state index contributed by atoms with van der Waals surface area (Å²) in [6.07, 6.45) is 0.929. The monoisotopic (exact) mass is 532 g/mol. The first-order chi connectivity index (χ1) is 18.5. The Kier molecular flexibility index (Phi) is 15.2. The standard InChI is InChI=1S/C18H24N2O3.C13H16N2O/c1-14-6-8-15(9-7-14)10-11-16(21)19-12-5-13-20-17(22)23-18(2,3)4;1-11-3-5-12(6-4-11)7-8-13(16)15-10-2-9-14/h6-9H,5,12-13H2,1-4H3,(H,19,21)(H,20,22);3-6H,2,9-10,14H2,1H3,(H,15,16). The second-order valence-corrected chi connectivity index (χ2v) is 9.67. The molecule has 0 heterocycles. The van der Waals surface area contributed by atoms with Gasteiger partial charge in [-0.05, 0) is 78.3 Å². The quantitative estimate of drug-likeness (QED) is 0.322. The van der Waals surface area contributed by atoms with Gasteiger partial charge in [0.2, 0.25) is 0 Å². The predicted octanol–water partition coefficient (Wildman–Crippen LogP) is 3.19. The van der Waals surface area contributed by atoms with Crippen LogP contribution < -0.4 is 21.7 Å². The van der Waals surface area contributed by atoms with Crippen molar-refractivity contribution in [2.24, 2.45) is 5.73 Å². The number of rotatable bonds is 7. The molecule has 2 rings (SSSR count). The maximum absolute atomic E-state index is 11.6. The van der Waals surface area contributed by atoms with Gasteiger partial charge >= 0.3 is 6.09 Å². The van der Waals surface area contributed by atoms with E-state index in [9.17, 15) is 14.4 Å².